The van der Waals surface area contributed by atoms with Crippen LogP contribution in [0, 0.1) is 0 Å². The van der Waals surface area contributed by atoms with Crippen LogP contribution < -0.4 is 0 Å². The van der Waals surface area contributed by atoms with Gasteiger partial charge in [-0.2, -0.15) is 0 Å². The molecule has 2 fully saturated rings. The number of fused-ring (bicyclic) bond motifs is 2. The van der Waals surface area contributed by atoms with E-state index < -0.39 is 0 Å². The molecule has 2 aromatic heterocycles. The number of hydrogen-bond acceptors (Lipinski definition) is 3. The fourth-order valence-electron chi connectivity index (χ4n) is 3.37. The van der Waals surface area contributed by atoms with Crippen molar-refractivity contribution < 1.29 is 9.21 Å². The molecule has 4 rings (SSSR count). The molecular formula is C15H17N3O2. The lowest BCUT2D eigenvalue weighted by Crippen LogP contribution is -2.47. The number of hydrogen-bond donors (Lipinski definition) is 1. The number of aromatic nitrogens is 1. The van der Waals surface area contributed by atoms with E-state index in [-0.39, 0.29) is 5.91 Å². The minimum atomic E-state index is 0.125. The third kappa shape index (κ3) is 1.70. The Labute approximate surface area is 117 Å². The molecule has 1 amide bonds. The van der Waals surface area contributed by atoms with Crippen LogP contribution in [0.25, 0.3) is 11.5 Å². The molecule has 2 atom stereocenters. The zero-order chi connectivity index (χ0) is 13.7. The molecule has 104 valence electrons. The van der Waals surface area contributed by atoms with Gasteiger partial charge < -0.3 is 14.3 Å². The standard InChI is InChI=1S/C15H17N3O2/c1-17-8-12-6-11(17)9-18(12)15(19)10-5-13(16-7-10)14-3-2-4-20-14/h2-5,7,11-12,16H,6,8-9H2,1H3/t11-,12-/m0/s1. The van der Waals surface area contributed by atoms with Gasteiger partial charge in [-0.15, -0.1) is 0 Å². The maximum atomic E-state index is 12.6. The van der Waals surface area contributed by atoms with E-state index in [0.29, 0.717) is 17.6 Å². The van der Waals surface area contributed by atoms with Gasteiger partial charge in [-0.05, 0) is 31.7 Å². The number of piperazine rings is 1. The van der Waals surface area contributed by atoms with Crippen molar-refractivity contribution in [2.75, 3.05) is 20.1 Å². The lowest BCUT2D eigenvalue weighted by molar-refractivity contribution is 0.0651. The number of carbonyl (C=O) groups excluding carboxylic acids is 1. The van der Waals surface area contributed by atoms with Crippen molar-refractivity contribution in [1.29, 1.82) is 0 Å². The Morgan fingerprint density at radius 3 is 2.95 bits per heavy atom. The Hall–Kier alpha value is -2.01. The fraction of sp³-hybridized carbons (Fsp3) is 0.400. The molecule has 0 aromatic carbocycles. The highest BCUT2D eigenvalue weighted by atomic mass is 16.3. The number of nitrogens with one attached hydrogen (secondary N) is 1. The summed E-state index contributed by atoms with van der Waals surface area (Å²) < 4.78 is 5.34. The Balaban J connectivity index is 1.55. The largest absolute Gasteiger partial charge is 0.463 e. The third-order valence-electron chi connectivity index (χ3n) is 4.49. The Morgan fingerprint density at radius 2 is 2.30 bits per heavy atom. The summed E-state index contributed by atoms with van der Waals surface area (Å²) in [6.45, 7) is 1.84. The normalized spacial score (nSPS) is 25.6. The van der Waals surface area contributed by atoms with Crippen molar-refractivity contribution in [2.45, 2.75) is 18.5 Å². The molecule has 5 heteroatoms. The average Bonchev–Trinajstić information content (AvgIpc) is 3.19. The first kappa shape index (κ1) is 11.8. The van der Waals surface area contributed by atoms with Crippen molar-refractivity contribution >= 4 is 5.91 Å². The second-order valence-corrected chi connectivity index (χ2v) is 5.72. The van der Waals surface area contributed by atoms with Gasteiger partial charge in [0.05, 0.1) is 17.5 Å². The zero-order valence-corrected chi connectivity index (χ0v) is 11.4. The number of furan rings is 1. The topological polar surface area (TPSA) is 52.5 Å². The SMILES string of the molecule is CN1C[C@@H]2C[C@H]1CN2C(=O)c1c[nH]c(-c2ccco2)c1. The van der Waals surface area contributed by atoms with Gasteiger partial charge in [0.2, 0.25) is 0 Å². The van der Waals surface area contributed by atoms with Crippen LogP contribution >= 0.6 is 0 Å². The van der Waals surface area contributed by atoms with E-state index >= 15 is 0 Å². The summed E-state index contributed by atoms with van der Waals surface area (Å²) in [5.74, 6) is 0.881. The van der Waals surface area contributed by atoms with E-state index in [9.17, 15) is 4.79 Å². The van der Waals surface area contributed by atoms with E-state index in [1.165, 1.54) is 0 Å². The van der Waals surface area contributed by atoms with Crippen molar-refractivity contribution in [1.82, 2.24) is 14.8 Å². The Morgan fingerprint density at radius 1 is 1.40 bits per heavy atom. The summed E-state index contributed by atoms with van der Waals surface area (Å²) >= 11 is 0. The highest BCUT2D eigenvalue weighted by molar-refractivity contribution is 5.95. The maximum Gasteiger partial charge on any atom is 0.255 e. The Kier molecular flexibility index (Phi) is 2.50. The molecule has 4 heterocycles. The molecule has 2 saturated heterocycles. The van der Waals surface area contributed by atoms with Gasteiger partial charge in [-0.25, -0.2) is 0 Å². The molecule has 5 nitrogen and oxygen atoms in total. The van der Waals surface area contributed by atoms with Crippen LogP contribution in [0.1, 0.15) is 16.8 Å². The lowest BCUT2D eigenvalue weighted by Gasteiger charge is -2.31. The molecule has 0 radical (unpaired) electrons. The third-order valence-corrected chi connectivity index (χ3v) is 4.49. The first-order valence-corrected chi connectivity index (χ1v) is 6.96. The van der Waals surface area contributed by atoms with Crippen LogP contribution in [-0.4, -0.2) is 52.9 Å². The number of H-pyrrole nitrogens is 1. The smallest absolute Gasteiger partial charge is 0.255 e. The van der Waals surface area contributed by atoms with Gasteiger partial charge in [0.15, 0.2) is 0 Å². The predicted molar refractivity (Wildman–Crippen MR) is 74.4 cm³/mol. The van der Waals surface area contributed by atoms with E-state index in [4.69, 9.17) is 4.42 Å². The van der Waals surface area contributed by atoms with Gasteiger partial charge in [-0.1, -0.05) is 0 Å². The summed E-state index contributed by atoms with van der Waals surface area (Å²) in [6, 6.07) is 6.50. The van der Waals surface area contributed by atoms with E-state index in [1.54, 1.807) is 12.5 Å². The number of amides is 1. The summed E-state index contributed by atoms with van der Waals surface area (Å²) in [5, 5.41) is 0. The van der Waals surface area contributed by atoms with Crippen LogP contribution in [0.4, 0.5) is 0 Å². The molecule has 20 heavy (non-hydrogen) atoms. The lowest BCUT2D eigenvalue weighted by atomic mass is 10.2. The van der Waals surface area contributed by atoms with Gasteiger partial charge in [0.25, 0.3) is 5.91 Å². The maximum absolute atomic E-state index is 12.6. The van der Waals surface area contributed by atoms with Gasteiger partial charge in [0, 0.05) is 31.4 Å². The van der Waals surface area contributed by atoms with Gasteiger partial charge in [-0.3, -0.25) is 9.69 Å². The number of rotatable bonds is 2. The minimum absolute atomic E-state index is 0.125. The summed E-state index contributed by atoms with van der Waals surface area (Å²) in [6.07, 6.45) is 4.51. The first-order chi connectivity index (χ1) is 9.72. The number of likely N-dealkylation sites (N-methyl/N-ethyl adjacent to an activating group) is 1. The highest BCUT2D eigenvalue weighted by Gasteiger charge is 2.43. The second kappa shape index (κ2) is 4.24. The molecule has 0 spiro atoms. The average molecular weight is 271 g/mol. The van der Waals surface area contributed by atoms with Crippen LogP contribution in [0.2, 0.25) is 0 Å². The monoisotopic (exact) mass is 271 g/mol. The molecular weight excluding hydrogens is 254 g/mol. The molecule has 1 N–H and O–H groups in total. The minimum Gasteiger partial charge on any atom is -0.463 e. The highest BCUT2D eigenvalue weighted by Crippen LogP contribution is 2.31. The fourth-order valence-corrected chi connectivity index (χ4v) is 3.37. The van der Waals surface area contributed by atoms with E-state index in [2.05, 4.69) is 16.9 Å². The molecule has 2 aliphatic heterocycles. The van der Waals surface area contributed by atoms with Crippen LogP contribution in [0.15, 0.2) is 35.1 Å². The van der Waals surface area contributed by atoms with Crippen molar-refractivity contribution in [2.24, 2.45) is 0 Å². The second-order valence-electron chi connectivity index (χ2n) is 5.72. The summed E-state index contributed by atoms with van der Waals surface area (Å²) in [5.41, 5.74) is 1.56. The van der Waals surface area contributed by atoms with Crippen molar-refractivity contribution in [3.63, 3.8) is 0 Å². The number of likely N-dealkylation sites (tertiary alicyclic amines) is 2. The van der Waals surface area contributed by atoms with Crippen LogP contribution in [-0.2, 0) is 0 Å². The predicted octanol–water partition coefficient (Wildman–Crippen LogP) is 1.80. The van der Waals surface area contributed by atoms with Gasteiger partial charge >= 0.3 is 0 Å². The summed E-state index contributed by atoms with van der Waals surface area (Å²) in [7, 11) is 2.14. The summed E-state index contributed by atoms with van der Waals surface area (Å²) in [4.78, 5) is 20.1. The number of aromatic amines is 1. The van der Waals surface area contributed by atoms with Gasteiger partial charge in [0.1, 0.15) is 5.76 Å². The number of nitrogens with zero attached hydrogens (tertiary/aromatic N) is 2. The van der Waals surface area contributed by atoms with E-state index in [0.717, 1.165) is 31.0 Å². The molecule has 0 unspecified atom stereocenters. The zero-order valence-electron chi connectivity index (χ0n) is 11.4. The van der Waals surface area contributed by atoms with Crippen LogP contribution in [0.5, 0.6) is 0 Å². The van der Waals surface area contributed by atoms with Crippen molar-refractivity contribution in [3.8, 4) is 11.5 Å². The molecule has 0 saturated carbocycles. The number of carbonyl (C=O) groups is 1. The molecule has 2 aromatic rings. The van der Waals surface area contributed by atoms with E-state index in [1.807, 2.05) is 23.1 Å². The first-order valence-electron chi connectivity index (χ1n) is 6.96. The molecule has 2 aliphatic rings. The molecule has 2 bridgehead atoms. The van der Waals surface area contributed by atoms with Crippen LogP contribution in [0.3, 0.4) is 0 Å². The molecule has 0 aliphatic carbocycles. The Bertz CT molecular complexity index is 629. The quantitative estimate of drug-likeness (QED) is 0.906. The van der Waals surface area contributed by atoms with Crippen molar-refractivity contribution in [3.05, 3.63) is 36.2 Å².